The summed E-state index contributed by atoms with van der Waals surface area (Å²) in [4.78, 5) is 0. The smallest absolute Gasteiger partial charge is 0.363 e. The number of rotatable bonds is 7. The first-order valence-electron chi connectivity index (χ1n) is 4.95. The van der Waals surface area contributed by atoms with Gasteiger partial charge in [-0.2, -0.15) is 8.42 Å². The van der Waals surface area contributed by atoms with Crippen LogP contribution in [0.25, 0.3) is 0 Å². The summed E-state index contributed by atoms with van der Waals surface area (Å²) >= 11 is 0. The van der Waals surface area contributed by atoms with E-state index in [1.54, 1.807) is 0 Å². The summed E-state index contributed by atoms with van der Waals surface area (Å²) in [6, 6.07) is 0. The van der Waals surface area contributed by atoms with E-state index in [0.717, 1.165) is 0 Å². The fourth-order valence-electron chi connectivity index (χ4n) is 1.54. The largest absolute Gasteiger partial charge is 0.400 e. The van der Waals surface area contributed by atoms with Gasteiger partial charge in [-0.15, -0.1) is 0 Å². The zero-order valence-electron chi connectivity index (χ0n) is 9.71. The van der Waals surface area contributed by atoms with Crippen molar-refractivity contribution in [2.45, 2.75) is 24.4 Å². The third kappa shape index (κ3) is 5.28. The predicted molar refractivity (Wildman–Crippen MR) is 79.2 cm³/mol. The first-order chi connectivity index (χ1) is 8.99. The molecule has 1 rings (SSSR count). The molecule has 8 unspecified atom stereocenters. The Bertz CT molecular complexity index is 366. The van der Waals surface area contributed by atoms with Gasteiger partial charge in [0.2, 0.25) is 0 Å². The van der Waals surface area contributed by atoms with Crippen LogP contribution in [0.15, 0.2) is 0 Å². The first-order valence-corrected chi connectivity index (χ1v) is 8.17. The minimum Gasteiger partial charge on any atom is -0.363 e. The lowest BCUT2D eigenvalue weighted by atomic mass is 10.0. The van der Waals surface area contributed by atoms with Crippen LogP contribution in [0.4, 0.5) is 0 Å². The zero-order valence-corrected chi connectivity index (χ0v) is 15.1. The molecular weight excluding hydrogens is 356 g/mol. The fraction of sp³-hybridized carbons (Fsp3) is 1.00. The van der Waals surface area contributed by atoms with Crippen molar-refractivity contribution in [2.24, 2.45) is 0 Å². The van der Waals surface area contributed by atoms with Gasteiger partial charge in [-0.3, -0.25) is 0 Å². The predicted octanol–water partition coefficient (Wildman–Crippen LogP) is -0.0208. The summed E-state index contributed by atoms with van der Waals surface area (Å²) in [5.74, 6) is 0. The van der Waals surface area contributed by atoms with E-state index in [1.165, 1.54) is 0 Å². The van der Waals surface area contributed by atoms with Crippen LogP contribution in [-0.4, -0.2) is 46.0 Å². The maximum atomic E-state index is 11.4. The first kappa shape index (κ1) is 18.5. The highest BCUT2D eigenvalue weighted by molar-refractivity contribution is 7.81. The molecule has 114 valence electrons. The van der Waals surface area contributed by atoms with Gasteiger partial charge >= 0.3 is 10.4 Å². The minimum absolute atomic E-state index is 0.150. The molecule has 1 heterocycles. The molecule has 0 radical (unpaired) electrons. The summed E-state index contributed by atoms with van der Waals surface area (Å²) < 4.78 is 52.4. The van der Waals surface area contributed by atoms with Gasteiger partial charge in [0, 0.05) is 37.9 Å². The lowest BCUT2D eigenvalue weighted by molar-refractivity contribution is -0.0912. The van der Waals surface area contributed by atoms with Gasteiger partial charge in [0.1, 0.15) is 24.4 Å². The molecule has 8 nitrogen and oxygen atoms in total. The normalized spacial score (nSPS) is 29.9. The standard InChI is InChI=1S/C6H16O8P4S/c7-19(8)10-2-4(12-17)6(14-19)5(13-18)3(11-16)1-9-15/h3-6H,1-2,15-18H2. The molecule has 19 heavy (non-hydrogen) atoms. The SMILES string of the molecule is O=S1(=O)OCC(OP)C(C(OP)C(COP)OP)O1. The molecule has 8 atom stereocenters. The molecule has 1 aliphatic rings. The van der Waals surface area contributed by atoms with E-state index in [0.29, 0.717) is 0 Å². The maximum Gasteiger partial charge on any atom is 0.400 e. The van der Waals surface area contributed by atoms with Crippen LogP contribution >= 0.6 is 37.9 Å². The van der Waals surface area contributed by atoms with Gasteiger partial charge in [-0.25, -0.2) is 8.37 Å². The Labute approximate surface area is 121 Å². The topological polar surface area (TPSA) is 89.5 Å². The monoisotopic (exact) mass is 372 g/mol. The van der Waals surface area contributed by atoms with E-state index in [1.807, 2.05) is 18.9 Å². The van der Waals surface area contributed by atoms with Crippen LogP contribution < -0.4 is 0 Å². The Morgan fingerprint density at radius 3 is 2.37 bits per heavy atom. The van der Waals surface area contributed by atoms with Crippen LogP contribution in [-0.2, 0) is 36.9 Å². The maximum absolute atomic E-state index is 11.4. The quantitative estimate of drug-likeness (QED) is 0.576. The van der Waals surface area contributed by atoms with Crippen LogP contribution in [0.3, 0.4) is 0 Å². The molecule has 0 spiro atoms. The molecule has 0 bridgehead atoms. The highest BCUT2D eigenvalue weighted by Gasteiger charge is 2.44. The molecule has 0 aromatic carbocycles. The molecule has 1 fully saturated rings. The summed E-state index contributed by atoms with van der Waals surface area (Å²) in [5.41, 5.74) is 0. The van der Waals surface area contributed by atoms with Crippen molar-refractivity contribution < 1.29 is 34.9 Å². The van der Waals surface area contributed by atoms with Crippen LogP contribution in [0.1, 0.15) is 0 Å². The fourth-order valence-corrected chi connectivity index (χ4v) is 3.39. The van der Waals surface area contributed by atoms with Crippen molar-refractivity contribution in [3.63, 3.8) is 0 Å². The number of hydrogen-bond donors (Lipinski definition) is 0. The molecule has 13 heteroatoms. The van der Waals surface area contributed by atoms with Crippen molar-refractivity contribution in [3.05, 3.63) is 0 Å². The Morgan fingerprint density at radius 1 is 1.21 bits per heavy atom. The summed E-state index contributed by atoms with van der Waals surface area (Å²) in [6.07, 6.45) is -2.92. The van der Waals surface area contributed by atoms with E-state index < -0.39 is 34.8 Å². The highest BCUT2D eigenvalue weighted by Crippen LogP contribution is 2.27. The third-order valence-corrected chi connectivity index (χ3v) is 4.52. The summed E-state index contributed by atoms with van der Waals surface area (Å²) in [5, 5.41) is 0. The van der Waals surface area contributed by atoms with Crippen molar-refractivity contribution in [3.8, 4) is 0 Å². The van der Waals surface area contributed by atoms with Gasteiger partial charge in [0.25, 0.3) is 0 Å². The van der Waals surface area contributed by atoms with E-state index in [4.69, 9.17) is 22.3 Å². The highest BCUT2D eigenvalue weighted by atomic mass is 32.3. The second-order valence-electron chi connectivity index (χ2n) is 3.54. The Morgan fingerprint density at radius 2 is 1.89 bits per heavy atom. The lowest BCUT2D eigenvalue weighted by Gasteiger charge is -2.36. The molecule has 0 aliphatic carbocycles. The molecule has 0 aromatic heterocycles. The van der Waals surface area contributed by atoms with Crippen molar-refractivity contribution in [1.29, 1.82) is 0 Å². The van der Waals surface area contributed by atoms with Gasteiger partial charge < -0.3 is 18.1 Å². The molecule has 0 amide bonds. The van der Waals surface area contributed by atoms with E-state index in [9.17, 15) is 8.42 Å². The van der Waals surface area contributed by atoms with Gasteiger partial charge in [-0.1, -0.05) is 0 Å². The van der Waals surface area contributed by atoms with Crippen LogP contribution in [0.5, 0.6) is 0 Å². The zero-order chi connectivity index (χ0) is 14.5. The Balaban J connectivity index is 2.90. The minimum atomic E-state index is -4.07. The van der Waals surface area contributed by atoms with Crippen molar-refractivity contribution in [1.82, 2.24) is 0 Å². The van der Waals surface area contributed by atoms with Crippen LogP contribution in [0, 0.1) is 0 Å². The van der Waals surface area contributed by atoms with Gasteiger partial charge in [0.05, 0.1) is 13.2 Å². The average molecular weight is 372 g/mol. The molecule has 0 N–H and O–H groups in total. The van der Waals surface area contributed by atoms with Crippen molar-refractivity contribution >= 4 is 48.3 Å². The summed E-state index contributed by atoms with van der Waals surface area (Å²) in [7, 11) is 4.14. The Kier molecular flexibility index (Phi) is 8.53. The van der Waals surface area contributed by atoms with Crippen molar-refractivity contribution in [2.75, 3.05) is 13.2 Å². The lowest BCUT2D eigenvalue weighted by Crippen LogP contribution is -2.53. The van der Waals surface area contributed by atoms with E-state index in [-0.39, 0.29) is 13.2 Å². The second-order valence-corrected chi connectivity index (χ2v) is 5.93. The Hall–Kier alpha value is 1.43. The molecule has 0 saturated carbocycles. The molecule has 1 saturated heterocycles. The third-order valence-electron chi connectivity index (χ3n) is 2.43. The van der Waals surface area contributed by atoms with E-state index in [2.05, 4.69) is 23.1 Å². The molecule has 1 aliphatic heterocycles. The molecular formula is C6H16O8P4S. The summed E-state index contributed by atoms with van der Waals surface area (Å²) in [6.45, 7) is -0.0239. The number of hydrogen-bond acceptors (Lipinski definition) is 8. The average Bonchev–Trinajstić information content (AvgIpc) is 2.38. The van der Waals surface area contributed by atoms with Gasteiger partial charge in [0.15, 0.2) is 0 Å². The molecule has 0 aromatic rings. The second kappa shape index (κ2) is 8.77. The van der Waals surface area contributed by atoms with E-state index >= 15 is 0 Å². The van der Waals surface area contributed by atoms with Crippen LogP contribution in [0.2, 0.25) is 0 Å². The van der Waals surface area contributed by atoms with Gasteiger partial charge in [-0.05, 0) is 0 Å².